The van der Waals surface area contributed by atoms with Crippen LogP contribution in [0, 0.1) is 0 Å². The van der Waals surface area contributed by atoms with E-state index in [0.29, 0.717) is 17.1 Å². The van der Waals surface area contributed by atoms with E-state index in [1.807, 2.05) is 29.6 Å². The SMILES string of the molecule is CCOC(=O)c1c(-c2ccccc2Br)csc1NC(=O)NCCCCN1CCCC1. The summed E-state index contributed by atoms with van der Waals surface area (Å²) in [6.45, 7) is 6.13. The summed E-state index contributed by atoms with van der Waals surface area (Å²) in [7, 11) is 0. The number of thiophene rings is 1. The predicted molar refractivity (Wildman–Crippen MR) is 125 cm³/mol. The Bertz CT molecular complexity index is 865. The lowest BCUT2D eigenvalue weighted by atomic mass is 10.0. The summed E-state index contributed by atoms with van der Waals surface area (Å²) < 4.78 is 6.13. The Kier molecular flexibility index (Phi) is 8.72. The van der Waals surface area contributed by atoms with Crippen molar-refractivity contribution in [2.75, 3.05) is 38.1 Å². The molecule has 8 heteroatoms. The van der Waals surface area contributed by atoms with Gasteiger partial charge in [0.05, 0.1) is 6.61 Å². The third kappa shape index (κ3) is 6.06. The van der Waals surface area contributed by atoms with E-state index in [9.17, 15) is 9.59 Å². The van der Waals surface area contributed by atoms with Crippen molar-refractivity contribution in [1.29, 1.82) is 0 Å². The number of hydrogen-bond acceptors (Lipinski definition) is 5. The largest absolute Gasteiger partial charge is 0.462 e. The number of anilines is 1. The summed E-state index contributed by atoms with van der Waals surface area (Å²) in [6, 6.07) is 7.38. The highest BCUT2D eigenvalue weighted by molar-refractivity contribution is 9.10. The van der Waals surface area contributed by atoms with Crippen LogP contribution in [0.15, 0.2) is 34.1 Å². The fraction of sp³-hybridized carbons (Fsp3) is 0.455. The van der Waals surface area contributed by atoms with Gasteiger partial charge in [-0.3, -0.25) is 5.32 Å². The first-order valence-corrected chi connectivity index (χ1v) is 12.1. The minimum Gasteiger partial charge on any atom is -0.462 e. The first-order chi connectivity index (χ1) is 14.6. The highest BCUT2D eigenvalue weighted by atomic mass is 79.9. The number of esters is 1. The first kappa shape index (κ1) is 22.8. The van der Waals surface area contributed by atoms with E-state index in [4.69, 9.17) is 4.74 Å². The number of benzene rings is 1. The van der Waals surface area contributed by atoms with E-state index >= 15 is 0 Å². The molecule has 6 nitrogen and oxygen atoms in total. The van der Waals surface area contributed by atoms with Crippen molar-refractivity contribution in [3.8, 4) is 11.1 Å². The van der Waals surface area contributed by atoms with Gasteiger partial charge in [0.1, 0.15) is 10.6 Å². The molecule has 1 aliphatic heterocycles. The molecule has 1 aromatic carbocycles. The number of rotatable bonds is 9. The van der Waals surface area contributed by atoms with Crippen molar-refractivity contribution in [2.24, 2.45) is 0 Å². The van der Waals surface area contributed by atoms with Crippen LogP contribution in [0.2, 0.25) is 0 Å². The number of carbonyl (C=O) groups excluding carboxylic acids is 2. The summed E-state index contributed by atoms with van der Waals surface area (Å²) in [5.74, 6) is -0.439. The molecule has 0 spiro atoms. The Balaban J connectivity index is 1.61. The minimum absolute atomic E-state index is 0.271. The second-order valence-corrected chi connectivity index (χ2v) is 8.92. The zero-order chi connectivity index (χ0) is 21.3. The number of halogens is 1. The molecule has 3 rings (SSSR count). The second-order valence-electron chi connectivity index (χ2n) is 7.19. The summed E-state index contributed by atoms with van der Waals surface area (Å²) in [5, 5.41) is 8.09. The number of hydrogen-bond donors (Lipinski definition) is 2. The van der Waals surface area contributed by atoms with Gasteiger partial charge in [-0.2, -0.15) is 0 Å². The molecule has 1 aliphatic rings. The number of likely N-dealkylation sites (tertiary alicyclic amines) is 1. The Morgan fingerprint density at radius 2 is 1.93 bits per heavy atom. The summed E-state index contributed by atoms with van der Waals surface area (Å²) in [5.41, 5.74) is 2.01. The van der Waals surface area contributed by atoms with Crippen molar-refractivity contribution in [1.82, 2.24) is 10.2 Å². The summed E-state index contributed by atoms with van der Waals surface area (Å²) >= 11 is 4.86. The Morgan fingerprint density at radius 3 is 2.67 bits per heavy atom. The smallest absolute Gasteiger partial charge is 0.341 e. The molecule has 1 aromatic heterocycles. The van der Waals surface area contributed by atoms with Gasteiger partial charge in [0, 0.05) is 22.0 Å². The second kappa shape index (κ2) is 11.5. The molecule has 0 aliphatic carbocycles. The number of nitrogens with one attached hydrogen (secondary N) is 2. The Morgan fingerprint density at radius 1 is 1.17 bits per heavy atom. The standard InChI is InChI=1S/C22H28BrN3O3S/c1-2-29-21(27)19-17(16-9-3-4-10-18(16)23)15-30-20(19)25-22(28)24-11-5-6-12-26-13-7-8-14-26/h3-4,9-10,15H,2,5-8,11-14H2,1H3,(H2,24,25,28). The van der Waals surface area contributed by atoms with Crippen LogP contribution >= 0.6 is 27.3 Å². The summed E-state index contributed by atoms with van der Waals surface area (Å²) in [6.07, 6.45) is 4.60. The zero-order valence-electron chi connectivity index (χ0n) is 17.2. The normalized spacial score (nSPS) is 13.9. The lowest BCUT2D eigenvalue weighted by molar-refractivity contribution is 0.0529. The molecule has 162 valence electrons. The van der Waals surface area contributed by atoms with Gasteiger partial charge in [0.2, 0.25) is 0 Å². The van der Waals surface area contributed by atoms with Gasteiger partial charge < -0.3 is 15.0 Å². The molecule has 0 bridgehead atoms. The molecule has 1 saturated heterocycles. The van der Waals surface area contributed by atoms with E-state index in [-0.39, 0.29) is 12.6 Å². The quantitative estimate of drug-likeness (QED) is 0.364. The number of unbranched alkanes of at least 4 members (excludes halogenated alkanes) is 1. The Labute approximate surface area is 190 Å². The lowest BCUT2D eigenvalue weighted by Crippen LogP contribution is -2.30. The van der Waals surface area contributed by atoms with Crippen molar-refractivity contribution < 1.29 is 14.3 Å². The Hall–Kier alpha value is -1.90. The van der Waals surface area contributed by atoms with Crippen molar-refractivity contribution >= 4 is 44.3 Å². The molecule has 0 radical (unpaired) electrons. The topological polar surface area (TPSA) is 70.7 Å². The number of carbonyl (C=O) groups is 2. The monoisotopic (exact) mass is 493 g/mol. The maximum atomic E-state index is 12.6. The third-order valence-electron chi connectivity index (χ3n) is 5.05. The average molecular weight is 494 g/mol. The fourth-order valence-electron chi connectivity index (χ4n) is 3.55. The zero-order valence-corrected chi connectivity index (χ0v) is 19.6. The molecule has 0 unspecified atom stereocenters. The number of nitrogens with zero attached hydrogens (tertiary/aromatic N) is 1. The third-order valence-corrected chi connectivity index (χ3v) is 6.63. The van der Waals surface area contributed by atoms with Gasteiger partial charge in [-0.05, 0) is 63.9 Å². The number of urea groups is 1. The highest BCUT2D eigenvalue weighted by Crippen LogP contribution is 2.39. The number of ether oxygens (including phenoxy) is 1. The van der Waals surface area contributed by atoms with Gasteiger partial charge in [-0.15, -0.1) is 11.3 Å². The molecular weight excluding hydrogens is 466 g/mol. The minimum atomic E-state index is -0.439. The van der Waals surface area contributed by atoms with Gasteiger partial charge in [-0.1, -0.05) is 34.1 Å². The molecule has 1 fully saturated rings. The lowest BCUT2D eigenvalue weighted by Gasteiger charge is -2.14. The molecule has 2 amide bonds. The molecule has 2 heterocycles. The summed E-state index contributed by atoms with van der Waals surface area (Å²) in [4.78, 5) is 27.5. The van der Waals surface area contributed by atoms with E-state index in [1.54, 1.807) is 6.92 Å². The molecule has 30 heavy (non-hydrogen) atoms. The van der Waals surface area contributed by atoms with Gasteiger partial charge in [0.25, 0.3) is 0 Å². The van der Waals surface area contributed by atoms with Crippen molar-refractivity contribution in [3.63, 3.8) is 0 Å². The molecular formula is C22H28BrN3O3S. The fourth-order valence-corrected chi connectivity index (χ4v) is 4.99. The van der Waals surface area contributed by atoms with E-state index in [0.717, 1.165) is 35.0 Å². The van der Waals surface area contributed by atoms with Crippen LogP contribution in [-0.2, 0) is 4.74 Å². The van der Waals surface area contributed by atoms with E-state index in [1.165, 1.54) is 37.3 Å². The molecule has 0 saturated carbocycles. The first-order valence-electron chi connectivity index (χ1n) is 10.4. The van der Waals surface area contributed by atoms with Crippen LogP contribution < -0.4 is 10.6 Å². The van der Waals surface area contributed by atoms with Crippen LogP contribution in [0.1, 0.15) is 43.0 Å². The van der Waals surface area contributed by atoms with Gasteiger partial charge in [0.15, 0.2) is 0 Å². The van der Waals surface area contributed by atoms with Crippen molar-refractivity contribution in [2.45, 2.75) is 32.6 Å². The van der Waals surface area contributed by atoms with Gasteiger partial charge in [-0.25, -0.2) is 9.59 Å². The van der Waals surface area contributed by atoms with Crippen LogP contribution in [0.3, 0.4) is 0 Å². The van der Waals surface area contributed by atoms with E-state index < -0.39 is 5.97 Å². The number of amides is 2. The van der Waals surface area contributed by atoms with E-state index in [2.05, 4.69) is 31.5 Å². The highest BCUT2D eigenvalue weighted by Gasteiger charge is 2.23. The van der Waals surface area contributed by atoms with Gasteiger partial charge >= 0.3 is 12.0 Å². The van der Waals surface area contributed by atoms with Crippen LogP contribution in [0.5, 0.6) is 0 Å². The molecule has 2 aromatic rings. The maximum absolute atomic E-state index is 12.6. The van der Waals surface area contributed by atoms with Crippen LogP contribution in [-0.4, -0.2) is 49.7 Å². The average Bonchev–Trinajstić information content (AvgIpc) is 3.38. The molecule has 2 N–H and O–H groups in total. The van der Waals surface area contributed by atoms with Crippen LogP contribution in [0.4, 0.5) is 9.80 Å². The maximum Gasteiger partial charge on any atom is 0.341 e. The van der Waals surface area contributed by atoms with Crippen LogP contribution in [0.25, 0.3) is 11.1 Å². The van der Waals surface area contributed by atoms with Crippen molar-refractivity contribution in [3.05, 3.63) is 39.7 Å². The molecule has 0 atom stereocenters. The predicted octanol–water partition coefficient (Wildman–Crippen LogP) is 5.35.